The highest BCUT2D eigenvalue weighted by Crippen LogP contribution is 2.31. The SMILES string of the molecule is O=C(CCN1C(=O)/C(=C/C=C/c2ccccc2)SC1=S)NNc1ccccc1. The summed E-state index contributed by atoms with van der Waals surface area (Å²) < 4.78 is 0.466. The number of benzene rings is 2. The van der Waals surface area contributed by atoms with E-state index in [1.807, 2.05) is 72.8 Å². The molecule has 3 rings (SSSR count). The molecule has 0 spiro atoms. The number of hydrogen-bond donors (Lipinski definition) is 2. The second kappa shape index (κ2) is 9.87. The van der Waals surface area contributed by atoms with Gasteiger partial charge in [0.15, 0.2) is 0 Å². The van der Waals surface area contributed by atoms with Crippen LogP contribution in [0.3, 0.4) is 0 Å². The summed E-state index contributed by atoms with van der Waals surface area (Å²) in [7, 11) is 0. The standard InChI is InChI=1S/C21H19N3O2S2/c25-19(23-22-17-11-5-2-6-12-17)14-15-24-20(26)18(28-21(24)27)13-7-10-16-8-3-1-4-9-16/h1-13,22H,14-15H2,(H,23,25)/b10-7+,18-13-. The highest BCUT2D eigenvalue weighted by molar-refractivity contribution is 8.26. The van der Waals surface area contributed by atoms with Crippen LogP contribution >= 0.6 is 24.0 Å². The number of anilines is 1. The van der Waals surface area contributed by atoms with Gasteiger partial charge in [0.2, 0.25) is 5.91 Å². The van der Waals surface area contributed by atoms with Crippen LogP contribution in [0.15, 0.2) is 77.7 Å². The van der Waals surface area contributed by atoms with E-state index in [1.165, 1.54) is 16.7 Å². The highest BCUT2D eigenvalue weighted by Gasteiger charge is 2.31. The molecule has 2 amide bonds. The number of nitrogens with zero attached hydrogens (tertiary/aromatic N) is 1. The predicted molar refractivity (Wildman–Crippen MR) is 118 cm³/mol. The average molecular weight is 410 g/mol. The molecule has 1 heterocycles. The summed E-state index contributed by atoms with van der Waals surface area (Å²) in [6.07, 6.45) is 5.66. The van der Waals surface area contributed by atoms with Crippen LogP contribution in [-0.4, -0.2) is 27.6 Å². The summed E-state index contributed by atoms with van der Waals surface area (Å²) in [6, 6.07) is 19.1. The van der Waals surface area contributed by atoms with Crippen LogP contribution in [0.2, 0.25) is 0 Å². The molecule has 0 atom stereocenters. The van der Waals surface area contributed by atoms with Gasteiger partial charge >= 0.3 is 0 Å². The first-order chi connectivity index (χ1) is 13.6. The summed E-state index contributed by atoms with van der Waals surface area (Å²) in [6.45, 7) is 0.243. The largest absolute Gasteiger partial charge is 0.299 e. The molecule has 2 aromatic rings. The van der Waals surface area contributed by atoms with Gasteiger partial charge in [-0.05, 0) is 23.8 Å². The van der Waals surface area contributed by atoms with E-state index in [1.54, 1.807) is 6.08 Å². The Morgan fingerprint density at radius 3 is 2.46 bits per heavy atom. The quantitative estimate of drug-likeness (QED) is 0.412. The van der Waals surface area contributed by atoms with Crippen LogP contribution in [0.1, 0.15) is 12.0 Å². The Bertz CT molecular complexity index is 912. The molecule has 1 saturated heterocycles. The molecule has 5 nitrogen and oxygen atoms in total. The van der Waals surface area contributed by atoms with Gasteiger partial charge < -0.3 is 0 Å². The topological polar surface area (TPSA) is 61.4 Å². The van der Waals surface area contributed by atoms with Crippen LogP contribution in [0.4, 0.5) is 5.69 Å². The molecule has 0 unspecified atom stereocenters. The van der Waals surface area contributed by atoms with Crippen molar-refractivity contribution in [3.05, 3.63) is 83.3 Å². The Morgan fingerprint density at radius 2 is 1.75 bits per heavy atom. The monoisotopic (exact) mass is 409 g/mol. The molecule has 0 radical (unpaired) electrons. The molecule has 28 heavy (non-hydrogen) atoms. The van der Waals surface area contributed by atoms with E-state index in [2.05, 4.69) is 10.9 Å². The third-order valence-electron chi connectivity index (χ3n) is 3.89. The maximum Gasteiger partial charge on any atom is 0.266 e. The van der Waals surface area contributed by atoms with E-state index in [0.717, 1.165) is 11.3 Å². The van der Waals surface area contributed by atoms with Gasteiger partial charge in [0, 0.05) is 13.0 Å². The van der Waals surface area contributed by atoms with Gasteiger partial charge in [-0.3, -0.25) is 25.3 Å². The lowest BCUT2D eigenvalue weighted by Crippen LogP contribution is -2.35. The van der Waals surface area contributed by atoms with Gasteiger partial charge in [0.25, 0.3) is 5.91 Å². The zero-order chi connectivity index (χ0) is 19.8. The number of hydrazine groups is 1. The molecule has 1 fully saturated rings. The Kier molecular flexibility index (Phi) is 7.00. The molecule has 0 aliphatic carbocycles. The number of thioether (sulfide) groups is 1. The smallest absolute Gasteiger partial charge is 0.266 e. The Morgan fingerprint density at radius 1 is 1.07 bits per heavy atom. The van der Waals surface area contributed by atoms with Crippen LogP contribution in [0.25, 0.3) is 6.08 Å². The lowest BCUT2D eigenvalue weighted by atomic mass is 10.2. The van der Waals surface area contributed by atoms with Gasteiger partial charge in [0.1, 0.15) is 4.32 Å². The van der Waals surface area contributed by atoms with Crippen molar-refractivity contribution < 1.29 is 9.59 Å². The van der Waals surface area contributed by atoms with Crippen molar-refractivity contribution >= 4 is 51.9 Å². The maximum absolute atomic E-state index is 12.5. The Hall–Kier alpha value is -2.90. The number of carbonyl (C=O) groups excluding carboxylic acids is 2. The minimum absolute atomic E-state index is 0.152. The first kappa shape index (κ1) is 19.9. The molecular weight excluding hydrogens is 390 g/mol. The van der Waals surface area contributed by atoms with Crippen LogP contribution in [-0.2, 0) is 9.59 Å². The number of nitrogens with one attached hydrogen (secondary N) is 2. The second-order valence-electron chi connectivity index (χ2n) is 5.91. The molecule has 142 valence electrons. The number of allylic oxidation sites excluding steroid dienone is 2. The van der Waals surface area contributed by atoms with Crippen molar-refractivity contribution in [3.63, 3.8) is 0 Å². The van der Waals surface area contributed by atoms with Gasteiger partial charge in [-0.1, -0.05) is 84.7 Å². The Labute approximate surface area is 173 Å². The van der Waals surface area contributed by atoms with Crippen LogP contribution < -0.4 is 10.9 Å². The summed E-state index contributed by atoms with van der Waals surface area (Å²) in [5.41, 5.74) is 7.29. The molecule has 7 heteroatoms. The van der Waals surface area contributed by atoms with Gasteiger partial charge in [-0.25, -0.2) is 0 Å². The minimum Gasteiger partial charge on any atom is -0.299 e. The first-order valence-corrected chi connectivity index (χ1v) is 9.93. The van der Waals surface area contributed by atoms with Crippen molar-refractivity contribution in [2.45, 2.75) is 6.42 Å². The van der Waals surface area contributed by atoms with Crippen molar-refractivity contribution in [2.24, 2.45) is 0 Å². The fourth-order valence-corrected chi connectivity index (χ4v) is 3.72. The van der Waals surface area contributed by atoms with E-state index in [4.69, 9.17) is 12.2 Å². The summed E-state index contributed by atoms with van der Waals surface area (Å²) in [4.78, 5) is 26.5. The van der Waals surface area contributed by atoms with Gasteiger partial charge in [-0.2, -0.15) is 0 Å². The molecule has 1 aliphatic heterocycles. The number of hydrogen-bond acceptors (Lipinski definition) is 5. The van der Waals surface area contributed by atoms with Crippen molar-refractivity contribution in [3.8, 4) is 0 Å². The van der Waals surface area contributed by atoms with Crippen molar-refractivity contribution in [1.82, 2.24) is 10.3 Å². The van der Waals surface area contributed by atoms with E-state index in [0.29, 0.717) is 9.23 Å². The first-order valence-electron chi connectivity index (χ1n) is 8.70. The van der Waals surface area contributed by atoms with E-state index >= 15 is 0 Å². The second-order valence-corrected chi connectivity index (χ2v) is 7.59. The third kappa shape index (κ3) is 5.55. The zero-order valence-corrected chi connectivity index (χ0v) is 16.6. The number of amides is 2. The fourth-order valence-electron chi connectivity index (χ4n) is 2.46. The minimum atomic E-state index is -0.217. The van der Waals surface area contributed by atoms with Crippen molar-refractivity contribution in [2.75, 3.05) is 12.0 Å². The number of carbonyl (C=O) groups is 2. The van der Waals surface area contributed by atoms with Crippen molar-refractivity contribution in [1.29, 1.82) is 0 Å². The molecule has 2 aromatic carbocycles. The number of rotatable bonds is 7. The summed E-state index contributed by atoms with van der Waals surface area (Å²) >= 11 is 6.54. The predicted octanol–water partition coefficient (Wildman–Crippen LogP) is 3.98. The normalized spacial score (nSPS) is 15.4. The highest BCUT2D eigenvalue weighted by atomic mass is 32.2. The van der Waals surface area contributed by atoms with Gasteiger partial charge in [0.05, 0.1) is 10.6 Å². The average Bonchev–Trinajstić information content (AvgIpc) is 2.99. The van der Waals surface area contributed by atoms with Gasteiger partial charge in [-0.15, -0.1) is 0 Å². The number of para-hydroxylation sites is 1. The molecule has 0 saturated carbocycles. The summed E-state index contributed by atoms with van der Waals surface area (Å²) in [5.74, 6) is -0.387. The Balaban J connectivity index is 1.50. The molecule has 2 N–H and O–H groups in total. The zero-order valence-electron chi connectivity index (χ0n) is 15.0. The third-order valence-corrected chi connectivity index (χ3v) is 5.29. The molecule has 1 aliphatic rings. The van der Waals surface area contributed by atoms with E-state index in [-0.39, 0.29) is 24.8 Å². The van der Waals surface area contributed by atoms with E-state index < -0.39 is 0 Å². The van der Waals surface area contributed by atoms with Crippen LogP contribution in [0.5, 0.6) is 0 Å². The van der Waals surface area contributed by atoms with Crippen LogP contribution in [0, 0.1) is 0 Å². The lowest BCUT2D eigenvalue weighted by Gasteiger charge is -2.14. The summed E-state index contributed by atoms with van der Waals surface area (Å²) in [5, 5.41) is 0. The van der Waals surface area contributed by atoms with E-state index in [9.17, 15) is 9.59 Å². The molecular formula is C21H19N3O2S2. The molecule has 0 aromatic heterocycles. The number of thiocarbonyl (C=S) groups is 1. The fraction of sp³-hybridized carbons (Fsp3) is 0.0952. The maximum atomic E-state index is 12.5. The molecule has 0 bridgehead atoms. The lowest BCUT2D eigenvalue weighted by molar-refractivity contribution is -0.123.